The van der Waals surface area contributed by atoms with E-state index in [-0.39, 0.29) is 0 Å². The first-order valence-corrected chi connectivity index (χ1v) is 6.25. The SMILES string of the molecule is NC(=O)C1CCCN1c1ccc(F)cc1/C=C/C(=O)O. The number of carboxylic acids is 1. The molecule has 0 aromatic heterocycles. The normalized spacial score (nSPS) is 18.6. The number of rotatable bonds is 4. The molecular weight excluding hydrogens is 263 g/mol. The summed E-state index contributed by atoms with van der Waals surface area (Å²) >= 11 is 0. The molecule has 1 unspecified atom stereocenters. The van der Waals surface area contributed by atoms with E-state index in [1.165, 1.54) is 24.3 Å². The molecule has 1 aliphatic heterocycles. The van der Waals surface area contributed by atoms with E-state index in [4.69, 9.17) is 10.8 Å². The van der Waals surface area contributed by atoms with Gasteiger partial charge in [-0.2, -0.15) is 0 Å². The number of carbonyl (C=O) groups is 2. The zero-order valence-corrected chi connectivity index (χ0v) is 10.8. The average Bonchev–Trinajstić information content (AvgIpc) is 2.85. The second-order valence-corrected chi connectivity index (χ2v) is 4.63. The van der Waals surface area contributed by atoms with Crippen molar-refractivity contribution in [2.24, 2.45) is 5.73 Å². The highest BCUT2D eigenvalue weighted by Crippen LogP contribution is 2.30. The third-order valence-electron chi connectivity index (χ3n) is 3.29. The van der Waals surface area contributed by atoms with Crippen molar-refractivity contribution in [1.29, 1.82) is 0 Å². The van der Waals surface area contributed by atoms with E-state index in [0.717, 1.165) is 12.5 Å². The maximum Gasteiger partial charge on any atom is 0.328 e. The van der Waals surface area contributed by atoms with E-state index in [1.54, 1.807) is 4.90 Å². The minimum atomic E-state index is -1.12. The summed E-state index contributed by atoms with van der Waals surface area (Å²) in [5, 5.41) is 8.67. The standard InChI is InChI=1S/C14H15FN2O3/c15-10-4-5-11(9(8-10)3-6-13(18)19)17-7-1-2-12(17)14(16)20/h3-6,8,12H,1-2,7H2,(H2,16,20)(H,18,19)/b6-3+. The molecule has 2 rings (SSSR count). The maximum absolute atomic E-state index is 13.3. The fourth-order valence-corrected chi connectivity index (χ4v) is 2.43. The van der Waals surface area contributed by atoms with E-state index in [0.29, 0.717) is 24.2 Å². The summed E-state index contributed by atoms with van der Waals surface area (Å²) in [5.74, 6) is -2.01. The minimum absolute atomic E-state index is 0.417. The summed E-state index contributed by atoms with van der Waals surface area (Å²) in [6.07, 6.45) is 3.71. The Hall–Kier alpha value is -2.37. The van der Waals surface area contributed by atoms with E-state index in [1.807, 2.05) is 0 Å². The van der Waals surface area contributed by atoms with Gasteiger partial charge in [0.15, 0.2) is 0 Å². The van der Waals surface area contributed by atoms with Crippen LogP contribution in [-0.2, 0) is 9.59 Å². The van der Waals surface area contributed by atoms with Crippen molar-refractivity contribution in [3.63, 3.8) is 0 Å². The van der Waals surface area contributed by atoms with Crippen molar-refractivity contribution in [2.45, 2.75) is 18.9 Å². The number of carboxylic acid groups (broad SMARTS) is 1. The topological polar surface area (TPSA) is 83.6 Å². The van der Waals surface area contributed by atoms with E-state index >= 15 is 0 Å². The number of nitrogens with two attached hydrogens (primary N) is 1. The van der Waals surface area contributed by atoms with Crippen molar-refractivity contribution in [1.82, 2.24) is 0 Å². The van der Waals surface area contributed by atoms with Crippen molar-refractivity contribution < 1.29 is 19.1 Å². The smallest absolute Gasteiger partial charge is 0.328 e. The molecule has 0 aliphatic carbocycles. The molecule has 6 heteroatoms. The van der Waals surface area contributed by atoms with Gasteiger partial charge < -0.3 is 15.7 Å². The van der Waals surface area contributed by atoms with Crippen LogP contribution in [0.3, 0.4) is 0 Å². The van der Waals surface area contributed by atoms with Crippen LogP contribution in [0.5, 0.6) is 0 Å². The summed E-state index contributed by atoms with van der Waals surface area (Å²) in [7, 11) is 0. The van der Waals surface area contributed by atoms with E-state index in [2.05, 4.69) is 0 Å². The van der Waals surface area contributed by atoms with Gasteiger partial charge in [0.1, 0.15) is 11.9 Å². The van der Waals surface area contributed by atoms with Gasteiger partial charge in [0.05, 0.1) is 0 Å². The number of hydrogen-bond acceptors (Lipinski definition) is 3. The number of hydrogen-bond donors (Lipinski definition) is 2. The molecule has 20 heavy (non-hydrogen) atoms. The molecule has 1 atom stereocenters. The highest BCUT2D eigenvalue weighted by molar-refractivity contribution is 5.89. The lowest BCUT2D eigenvalue weighted by atomic mass is 10.1. The number of aliphatic carboxylic acids is 1. The Bertz CT molecular complexity index is 572. The lowest BCUT2D eigenvalue weighted by Gasteiger charge is -2.26. The molecule has 1 aliphatic rings. The molecule has 0 radical (unpaired) electrons. The molecule has 0 spiro atoms. The van der Waals surface area contributed by atoms with Gasteiger partial charge in [-0.25, -0.2) is 9.18 Å². The first kappa shape index (κ1) is 14.0. The Labute approximate surface area is 115 Å². The minimum Gasteiger partial charge on any atom is -0.478 e. The molecule has 5 nitrogen and oxygen atoms in total. The third-order valence-corrected chi connectivity index (χ3v) is 3.29. The Balaban J connectivity index is 2.40. The van der Waals surface area contributed by atoms with Gasteiger partial charge in [-0.15, -0.1) is 0 Å². The summed E-state index contributed by atoms with van der Waals surface area (Å²) in [5.41, 5.74) is 6.39. The predicted molar refractivity (Wildman–Crippen MR) is 72.6 cm³/mol. The van der Waals surface area contributed by atoms with Crippen molar-refractivity contribution in [3.05, 3.63) is 35.7 Å². The largest absolute Gasteiger partial charge is 0.478 e. The first-order valence-electron chi connectivity index (χ1n) is 6.25. The van der Waals surface area contributed by atoms with E-state index in [9.17, 15) is 14.0 Å². The summed E-state index contributed by atoms with van der Waals surface area (Å²) in [6, 6.07) is 3.63. The van der Waals surface area contributed by atoms with Gasteiger partial charge in [0, 0.05) is 23.9 Å². The fourth-order valence-electron chi connectivity index (χ4n) is 2.43. The molecule has 1 heterocycles. The van der Waals surface area contributed by atoms with Crippen LogP contribution < -0.4 is 10.6 Å². The Kier molecular flexibility index (Phi) is 4.02. The summed E-state index contributed by atoms with van der Waals surface area (Å²) < 4.78 is 13.3. The number of primary amides is 1. The highest BCUT2D eigenvalue weighted by atomic mass is 19.1. The molecule has 1 fully saturated rings. The molecule has 3 N–H and O–H groups in total. The lowest BCUT2D eigenvalue weighted by Crippen LogP contribution is -2.40. The van der Waals surface area contributed by atoms with Gasteiger partial charge in [0.2, 0.25) is 5.91 Å². The molecule has 106 valence electrons. The van der Waals surface area contributed by atoms with Crippen LogP contribution in [0, 0.1) is 5.82 Å². The second kappa shape index (κ2) is 5.73. The van der Waals surface area contributed by atoms with E-state index < -0.39 is 23.7 Å². The Morgan fingerprint density at radius 1 is 1.45 bits per heavy atom. The summed E-state index contributed by atoms with van der Waals surface area (Å²) in [6.45, 7) is 0.632. The van der Waals surface area contributed by atoms with Gasteiger partial charge >= 0.3 is 5.97 Å². The van der Waals surface area contributed by atoms with Crippen LogP contribution in [0.2, 0.25) is 0 Å². The van der Waals surface area contributed by atoms with Crippen molar-refractivity contribution in [2.75, 3.05) is 11.4 Å². The molecule has 1 saturated heterocycles. The Morgan fingerprint density at radius 3 is 2.85 bits per heavy atom. The first-order chi connectivity index (χ1) is 9.49. The molecular formula is C14H15FN2O3. The summed E-state index contributed by atoms with van der Waals surface area (Å²) in [4.78, 5) is 23.8. The third kappa shape index (κ3) is 2.96. The van der Waals surface area contributed by atoms with Crippen LogP contribution in [-0.4, -0.2) is 29.6 Å². The van der Waals surface area contributed by atoms with Crippen LogP contribution in [0.15, 0.2) is 24.3 Å². The number of halogens is 1. The highest BCUT2D eigenvalue weighted by Gasteiger charge is 2.30. The lowest BCUT2D eigenvalue weighted by molar-refractivity contribution is -0.131. The predicted octanol–water partition coefficient (Wildman–Crippen LogP) is 1.38. The van der Waals surface area contributed by atoms with Crippen molar-refractivity contribution >= 4 is 23.6 Å². The van der Waals surface area contributed by atoms with Crippen LogP contribution >= 0.6 is 0 Å². The number of anilines is 1. The van der Waals surface area contributed by atoms with Crippen molar-refractivity contribution in [3.8, 4) is 0 Å². The molecule has 0 bridgehead atoms. The van der Waals surface area contributed by atoms with Crippen LogP contribution in [0.1, 0.15) is 18.4 Å². The average molecular weight is 278 g/mol. The number of benzene rings is 1. The van der Waals surface area contributed by atoms with Gasteiger partial charge in [-0.05, 0) is 37.1 Å². The molecule has 1 amide bonds. The number of carbonyl (C=O) groups excluding carboxylic acids is 1. The van der Waals surface area contributed by atoms with Crippen LogP contribution in [0.25, 0.3) is 6.08 Å². The molecule has 1 aromatic carbocycles. The quantitative estimate of drug-likeness (QED) is 0.815. The van der Waals surface area contributed by atoms with Crippen LogP contribution in [0.4, 0.5) is 10.1 Å². The number of amides is 1. The fraction of sp³-hybridized carbons (Fsp3) is 0.286. The molecule has 0 saturated carbocycles. The second-order valence-electron chi connectivity index (χ2n) is 4.63. The Morgan fingerprint density at radius 2 is 2.20 bits per heavy atom. The van der Waals surface area contributed by atoms with Gasteiger partial charge in [-0.3, -0.25) is 4.79 Å². The zero-order valence-electron chi connectivity index (χ0n) is 10.8. The zero-order chi connectivity index (χ0) is 14.7. The molecule has 1 aromatic rings. The van der Waals surface area contributed by atoms with Gasteiger partial charge in [-0.1, -0.05) is 0 Å². The monoisotopic (exact) mass is 278 g/mol. The van der Waals surface area contributed by atoms with Gasteiger partial charge in [0.25, 0.3) is 0 Å². The number of nitrogens with zero attached hydrogens (tertiary/aromatic N) is 1. The maximum atomic E-state index is 13.3.